The second kappa shape index (κ2) is 7.66. The summed E-state index contributed by atoms with van der Waals surface area (Å²) < 4.78 is 40.6. The fourth-order valence-electron chi connectivity index (χ4n) is 3.29. The Balaban J connectivity index is 1.74. The number of allylic oxidation sites excluding steroid dienone is 2. The van der Waals surface area contributed by atoms with Crippen molar-refractivity contribution in [3.63, 3.8) is 0 Å². The van der Waals surface area contributed by atoms with Crippen LogP contribution in [0.2, 0.25) is 0 Å². The third-order valence-corrected chi connectivity index (χ3v) is 6.72. The molecule has 136 valence electrons. The monoisotopic (exact) mass is 366 g/mol. The van der Waals surface area contributed by atoms with Crippen LogP contribution in [0.5, 0.6) is 0 Å². The summed E-state index contributed by atoms with van der Waals surface area (Å²) in [7, 11) is -3.89. The molecule has 0 radical (unpaired) electrons. The Morgan fingerprint density at radius 1 is 1.24 bits per heavy atom. The van der Waals surface area contributed by atoms with Gasteiger partial charge >= 0.3 is 0 Å². The summed E-state index contributed by atoms with van der Waals surface area (Å²) >= 11 is 0. The van der Waals surface area contributed by atoms with E-state index in [0.29, 0.717) is 25.6 Å². The number of halogens is 1. The van der Waals surface area contributed by atoms with E-state index in [2.05, 4.69) is 17.5 Å². The fourth-order valence-corrected chi connectivity index (χ4v) is 4.90. The second-order valence-corrected chi connectivity index (χ2v) is 8.52. The molecular formula is C18H23FN2O3S. The fraction of sp³-hybridized carbons (Fsp3) is 0.500. The van der Waals surface area contributed by atoms with Crippen LogP contribution in [-0.2, 0) is 10.0 Å². The number of rotatable bonds is 5. The Labute approximate surface area is 148 Å². The topological polar surface area (TPSA) is 66.5 Å². The molecule has 1 unspecified atom stereocenters. The van der Waals surface area contributed by atoms with Crippen LogP contribution in [0.1, 0.15) is 42.5 Å². The Hall–Kier alpha value is -1.73. The molecular weight excluding hydrogens is 343 g/mol. The standard InChI is InChI=1S/C18H23FN2O3S/c19-16-9-8-15(18(22)20-13-14-6-2-1-3-7-14)12-17(16)25(23,24)21-10-4-5-11-21/h1-2,8-9,12,14H,3-7,10-11,13H2,(H,20,22). The molecule has 5 nitrogen and oxygen atoms in total. The molecule has 1 aliphatic heterocycles. The number of carbonyl (C=O) groups is 1. The van der Waals surface area contributed by atoms with Gasteiger partial charge < -0.3 is 5.32 Å². The minimum Gasteiger partial charge on any atom is -0.352 e. The summed E-state index contributed by atoms with van der Waals surface area (Å²) in [6.07, 6.45) is 8.75. The first-order chi connectivity index (χ1) is 12.0. The zero-order chi connectivity index (χ0) is 17.9. The first-order valence-electron chi connectivity index (χ1n) is 8.71. The third-order valence-electron chi connectivity index (χ3n) is 4.81. The normalized spacial score (nSPS) is 21.4. The lowest BCUT2D eigenvalue weighted by Gasteiger charge is -2.19. The van der Waals surface area contributed by atoms with E-state index < -0.39 is 20.7 Å². The highest BCUT2D eigenvalue weighted by atomic mass is 32.2. The van der Waals surface area contributed by atoms with Gasteiger partial charge in [-0.3, -0.25) is 4.79 Å². The SMILES string of the molecule is O=C(NCC1CC=CCC1)c1ccc(F)c(S(=O)(=O)N2CCCC2)c1. The van der Waals surface area contributed by atoms with E-state index in [9.17, 15) is 17.6 Å². The highest BCUT2D eigenvalue weighted by Crippen LogP contribution is 2.24. The Bertz CT molecular complexity index is 771. The maximum absolute atomic E-state index is 14.1. The number of nitrogens with zero attached hydrogens (tertiary/aromatic N) is 1. The zero-order valence-corrected chi connectivity index (χ0v) is 14.9. The van der Waals surface area contributed by atoms with Gasteiger partial charge in [-0.15, -0.1) is 0 Å². The summed E-state index contributed by atoms with van der Waals surface area (Å²) in [4.78, 5) is 11.9. The van der Waals surface area contributed by atoms with Gasteiger partial charge in [0.15, 0.2) is 0 Å². The molecule has 1 aromatic carbocycles. The van der Waals surface area contributed by atoms with Crippen molar-refractivity contribution in [2.75, 3.05) is 19.6 Å². The van der Waals surface area contributed by atoms with E-state index in [4.69, 9.17) is 0 Å². The Morgan fingerprint density at radius 3 is 2.68 bits per heavy atom. The van der Waals surface area contributed by atoms with Crippen molar-refractivity contribution in [1.29, 1.82) is 0 Å². The molecule has 1 aromatic rings. The first kappa shape index (κ1) is 18.1. The predicted molar refractivity (Wildman–Crippen MR) is 93.2 cm³/mol. The number of benzene rings is 1. The van der Waals surface area contributed by atoms with Crippen LogP contribution >= 0.6 is 0 Å². The molecule has 1 fully saturated rings. The summed E-state index contributed by atoms with van der Waals surface area (Å²) in [5, 5.41) is 2.83. The van der Waals surface area contributed by atoms with Crippen molar-refractivity contribution in [3.8, 4) is 0 Å². The molecule has 1 heterocycles. The van der Waals surface area contributed by atoms with Crippen molar-refractivity contribution in [2.45, 2.75) is 37.0 Å². The number of carbonyl (C=O) groups excluding carboxylic acids is 1. The minimum absolute atomic E-state index is 0.172. The van der Waals surface area contributed by atoms with Crippen molar-refractivity contribution in [1.82, 2.24) is 9.62 Å². The van der Waals surface area contributed by atoms with Crippen molar-refractivity contribution in [3.05, 3.63) is 41.7 Å². The lowest BCUT2D eigenvalue weighted by atomic mass is 9.94. The second-order valence-electron chi connectivity index (χ2n) is 6.62. The van der Waals surface area contributed by atoms with E-state index in [1.165, 1.54) is 10.4 Å². The Kier molecular flexibility index (Phi) is 5.54. The molecule has 1 saturated heterocycles. The molecule has 3 rings (SSSR count). The number of nitrogens with one attached hydrogen (secondary N) is 1. The first-order valence-corrected chi connectivity index (χ1v) is 10.2. The lowest BCUT2D eigenvalue weighted by Crippen LogP contribution is -2.31. The average molecular weight is 366 g/mol. The molecule has 7 heteroatoms. The van der Waals surface area contributed by atoms with Gasteiger partial charge in [-0.25, -0.2) is 12.8 Å². The Morgan fingerprint density at radius 2 is 2.00 bits per heavy atom. The van der Waals surface area contributed by atoms with E-state index >= 15 is 0 Å². The van der Waals surface area contributed by atoms with Gasteiger partial charge in [-0.1, -0.05) is 12.2 Å². The van der Waals surface area contributed by atoms with Crippen LogP contribution in [0.25, 0.3) is 0 Å². The number of hydrogen-bond acceptors (Lipinski definition) is 3. The summed E-state index contributed by atoms with van der Waals surface area (Å²) in [5.74, 6) is -0.796. The van der Waals surface area contributed by atoms with Gasteiger partial charge in [0.2, 0.25) is 10.0 Å². The zero-order valence-electron chi connectivity index (χ0n) is 14.1. The maximum atomic E-state index is 14.1. The van der Waals surface area contributed by atoms with Gasteiger partial charge in [0.1, 0.15) is 10.7 Å². The largest absolute Gasteiger partial charge is 0.352 e. The molecule has 0 spiro atoms. The van der Waals surface area contributed by atoms with E-state index in [1.807, 2.05) is 0 Å². The highest BCUT2D eigenvalue weighted by Gasteiger charge is 2.30. The number of sulfonamides is 1. The van der Waals surface area contributed by atoms with Gasteiger partial charge in [0, 0.05) is 25.2 Å². The predicted octanol–water partition coefficient (Wildman–Crippen LogP) is 2.70. The molecule has 25 heavy (non-hydrogen) atoms. The molecule has 1 atom stereocenters. The highest BCUT2D eigenvalue weighted by molar-refractivity contribution is 7.89. The van der Waals surface area contributed by atoms with E-state index in [-0.39, 0.29) is 11.5 Å². The summed E-state index contributed by atoms with van der Waals surface area (Å²) in [6.45, 7) is 1.33. The van der Waals surface area contributed by atoms with Crippen molar-refractivity contribution >= 4 is 15.9 Å². The summed E-state index contributed by atoms with van der Waals surface area (Å²) in [5.41, 5.74) is 0.172. The van der Waals surface area contributed by atoms with E-state index in [1.54, 1.807) is 0 Å². The number of amides is 1. The molecule has 1 N–H and O–H groups in total. The van der Waals surface area contributed by atoms with Crippen LogP contribution in [0.15, 0.2) is 35.2 Å². The van der Waals surface area contributed by atoms with Crippen molar-refractivity contribution in [2.24, 2.45) is 5.92 Å². The van der Waals surface area contributed by atoms with Crippen LogP contribution in [0.4, 0.5) is 4.39 Å². The quantitative estimate of drug-likeness (QED) is 0.815. The van der Waals surface area contributed by atoms with Gasteiger partial charge in [-0.2, -0.15) is 4.31 Å². The van der Waals surface area contributed by atoms with Gasteiger partial charge in [0.05, 0.1) is 0 Å². The summed E-state index contributed by atoms with van der Waals surface area (Å²) in [6, 6.07) is 3.54. The maximum Gasteiger partial charge on any atom is 0.251 e. The van der Waals surface area contributed by atoms with Gasteiger partial charge in [-0.05, 0) is 56.2 Å². The molecule has 2 aliphatic rings. The van der Waals surface area contributed by atoms with E-state index in [0.717, 1.165) is 44.2 Å². The van der Waals surface area contributed by atoms with Crippen LogP contribution in [0.3, 0.4) is 0 Å². The van der Waals surface area contributed by atoms with Gasteiger partial charge in [0.25, 0.3) is 5.91 Å². The van der Waals surface area contributed by atoms with Crippen molar-refractivity contribution < 1.29 is 17.6 Å². The minimum atomic E-state index is -3.89. The van der Waals surface area contributed by atoms with Crippen LogP contribution in [-0.4, -0.2) is 38.3 Å². The molecule has 1 amide bonds. The number of hydrogen-bond donors (Lipinski definition) is 1. The smallest absolute Gasteiger partial charge is 0.251 e. The molecule has 1 aliphatic carbocycles. The van der Waals surface area contributed by atoms with Crippen LogP contribution < -0.4 is 5.32 Å². The van der Waals surface area contributed by atoms with Crippen LogP contribution in [0, 0.1) is 11.7 Å². The molecule has 0 saturated carbocycles. The molecule has 0 aromatic heterocycles. The average Bonchev–Trinajstić information content (AvgIpc) is 3.16. The third kappa shape index (κ3) is 4.10. The lowest BCUT2D eigenvalue weighted by molar-refractivity contribution is 0.0946. The molecule has 0 bridgehead atoms.